The normalized spacial score (nSPS) is 18.5. The summed E-state index contributed by atoms with van der Waals surface area (Å²) in [6.07, 6.45) is 8.46. The van der Waals surface area contributed by atoms with Gasteiger partial charge in [0.25, 0.3) is 0 Å². The first kappa shape index (κ1) is 20.5. The van der Waals surface area contributed by atoms with Crippen molar-refractivity contribution in [2.45, 2.75) is 51.5 Å². The first-order valence-corrected chi connectivity index (χ1v) is 12.2. The Morgan fingerprint density at radius 2 is 1.84 bits per heavy atom. The topological polar surface area (TPSA) is 62.2 Å². The molecule has 7 heteroatoms. The smallest absolute Gasteiger partial charge is 0.228 e. The summed E-state index contributed by atoms with van der Waals surface area (Å²) < 4.78 is 0. The van der Waals surface area contributed by atoms with E-state index in [4.69, 9.17) is 0 Å². The fraction of sp³-hybridized carbons (Fsp3) is 0.500. The molecule has 0 unspecified atom stereocenters. The number of carbonyl (C=O) groups excluding carboxylic acids is 1. The molecular formula is C24H29N5OS. The summed E-state index contributed by atoms with van der Waals surface area (Å²) >= 11 is 1.59. The number of likely N-dealkylation sites (tertiary alicyclic amines) is 2. The SMILES string of the molecule is Cc1nnc(-c2ccc3cnc(CC(=O)N4CCC(N5CCCCC5)CC4)cc3c2)s1. The number of benzene rings is 1. The van der Waals surface area contributed by atoms with Crippen LogP contribution in [0, 0.1) is 6.92 Å². The molecule has 0 saturated carbocycles. The number of hydrogen-bond donors (Lipinski definition) is 0. The maximum absolute atomic E-state index is 12.9. The number of piperidine rings is 2. The largest absolute Gasteiger partial charge is 0.342 e. The van der Waals surface area contributed by atoms with E-state index in [1.807, 2.05) is 24.1 Å². The molecule has 0 aliphatic carbocycles. The molecule has 0 spiro atoms. The minimum Gasteiger partial charge on any atom is -0.342 e. The molecule has 5 rings (SSSR count). The molecule has 2 aliphatic heterocycles. The van der Waals surface area contributed by atoms with E-state index in [9.17, 15) is 4.79 Å². The molecule has 1 aromatic carbocycles. The molecule has 6 nitrogen and oxygen atoms in total. The van der Waals surface area contributed by atoms with Crippen LogP contribution in [0.5, 0.6) is 0 Å². The van der Waals surface area contributed by atoms with E-state index in [1.54, 1.807) is 11.3 Å². The molecule has 4 heterocycles. The van der Waals surface area contributed by atoms with Gasteiger partial charge in [0.15, 0.2) is 0 Å². The third-order valence-corrected chi connectivity index (χ3v) is 7.50. The highest BCUT2D eigenvalue weighted by Crippen LogP contribution is 2.27. The zero-order valence-corrected chi connectivity index (χ0v) is 18.9. The molecule has 0 N–H and O–H groups in total. The highest BCUT2D eigenvalue weighted by atomic mass is 32.1. The summed E-state index contributed by atoms with van der Waals surface area (Å²) in [4.78, 5) is 22.2. The van der Waals surface area contributed by atoms with Crippen LogP contribution in [0.3, 0.4) is 0 Å². The molecule has 0 bridgehead atoms. The predicted molar refractivity (Wildman–Crippen MR) is 124 cm³/mol. The Labute approximate surface area is 187 Å². The molecule has 3 aromatic rings. The molecule has 1 amide bonds. The zero-order chi connectivity index (χ0) is 21.2. The van der Waals surface area contributed by atoms with Gasteiger partial charge in [0.05, 0.1) is 12.1 Å². The number of fused-ring (bicyclic) bond motifs is 1. The van der Waals surface area contributed by atoms with Crippen molar-refractivity contribution < 1.29 is 4.79 Å². The number of pyridine rings is 1. The monoisotopic (exact) mass is 435 g/mol. The summed E-state index contributed by atoms with van der Waals surface area (Å²) in [7, 11) is 0. The number of rotatable bonds is 4. The van der Waals surface area contributed by atoms with Crippen molar-refractivity contribution in [3.63, 3.8) is 0 Å². The molecule has 2 fully saturated rings. The van der Waals surface area contributed by atoms with E-state index >= 15 is 0 Å². The quantitative estimate of drug-likeness (QED) is 0.618. The summed E-state index contributed by atoms with van der Waals surface area (Å²) in [5, 5.41) is 12.4. The highest BCUT2D eigenvalue weighted by Gasteiger charge is 2.27. The van der Waals surface area contributed by atoms with Crippen LogP contribution < -0.4 is 0 Å². The third kappa shape index (κ3) is 4.62. The van der Waals surface area contributed by atoms with Crippen molar-refractivity contribution in [1.29, 1.82) is 0 Å². The van der Waals surface area contributed by atoms with Crippen LogP contribution in [0.1, 0.15) is 42.8 Å². The molecule has 0 atom stereocenters. The minimum atomic E-state index is 0.194. The summed E-state index contributed by atoms with van der Waals surface area (Å²) in [6.45, 7) is 6.17. The Bertz CT molecular complexity index is 1070. The minimum absolute atomic E-state index is 0.194. The second-order valence-electron chi connectivity index (χ2n) is 8.75. The Hall–Kier alpha value is -2.38. The fourth-order valence-corrected chi connectivity index (χ4v) is 5.55. The zero-order valence-electron chi connectivity index (χ0n) is 18.1. The number of hydrogen-bond acceptors (Lipinski definition) is 6. The van der Waals surface area contributed by atoms with Gasteiger partial charge in [0.1, 0.15) is 10.0 Å². The standard InChI is InChI=1S/C24H29N5OS/c1-17-26-27-24(31-17)18-5-6-19-16-25-21(14-20(19)13-18)15-23(30)29-11-7-22(8-12-29)28-9-3-2-4-10-28/h5-6,13-14,16,22H,2-4,7-12,15H2,1H3. The lowest BCUT2D eigenvalue weighted by atomic mass is 9.99. The number of nitrogens with zero attached hydrogens (tertiary/aromatic N) is 5. The van der Waals surface area contributed by atoms with Crippen LogP contribution in [0.25, 0.3) is 21.3 Å². The second-order valence-corrected chi connectivity index (χ2v) is 9.93. The van der Waals surface area contributed by atoms with E-state index in [-0.39, 0.29) is 5.91 Å². The lowest BCUT2D eigenvalue weighted by molar-refractivity contribution is -0.132. The molecule has 162 valence electrons. The molecular weight excluding hydrogens is 406 g/mol. The van der Waals surface area contributed by atoms with Gasteiger partial charge >= 0.3 is 0 Å². The van der Waals surface area contributed by atoms with Gasteiger partial charge in [-0.1, -0.05) is 29.9 Å². The maximum atomic E-state index is 12.9. The van der Waals surface area contributed by atoms with Crippen LogP contribution >= 0.6 is 11.3 Å². The van der Waals surface area contributed by atoms with E-state index in [0.29, 0.717) is 12.5 Å². The van der Waals surface area contributed by atoms with Crippen molar-refractivity contribution in [2.75, 3.05) is 26.2 Å². The first-order valence-electron chi connectivity index (χ1n) is 11.4. The van der Waals surface area contributed by atoms with Crippen LogP contribution in [-0.4, -0.2) is 63.1 Å². The molecule has 2 aliphatic rings. The Morgan fingerprint density at radius 1 is 1.03 bits per heavy atom. The van der Waals surface area contributed by atoms with Crippen molar-refractivity contribution in [1.82, 2.24) is 25.0 Å². The Morgan fingerprint density at radius 3 is 2.58 bits per heavy atom. The molecule has 2 saturated heterocycles. The van der Waals surface area contributed by atoms with E-state index in [2.05, 4.69) is 38.3 Å². The maximum Gasteiger partial charge on any atom is 0.228 e. The highest BCUT2D eigenvalue weighted by molar-refractivity contribution is 7.14. The van der Waals surface area contributed by atoms with Crippen molar-refractivity contribution in [2.24, 2.45) is 0 Å². The van der Waals surface area contributed by atoms with Crippen LogP contribution in [-0.2, 0) is 11.2 Å². The van der Waals surface area contributed by atoms with Gasteiger partial charge in [-0.25, -0.2) is 0 Å². The van der Waals surface area contributed by atoms with Crippen LogP contribution in [0.4, 0.5) is 0 Å². The van der Waals surface area contributed by atoms with Gasteiger partial charge < -0.3 is 9.80 Å². The average molecular weight is 436 g/mol. The summed E-state index contributed by atoms with van der Waals surface area (Å²) in [5.41, 5.74) is 1.89. The average Bonchev–Trinajstić information content (AvgIpc) is 3.25. The summed E-state index contributed by atoms with van der Waals surface area (Å²) in [5.74, 6) is 0.194. The summed E-state index contributed by atoms with van der Waals surface area (Å²) in [6, 6.07) is 8.94. The first-order chi connectivity index (χ1) is 15.2. The van der Waals surface area contributed by atoms with Crippen LogP contribution in [0.15, 0.2) is 30.5 Å². The lowest BCUT2D eigenvalue weighted by Crippen LogP contribution is -2.48. The predicted octanol–water partition coefficient (Wildman–Crippen LogP) is 4.08. The van der Waals surface area contributed by atoms with E-state index in [1.165, 1.54) is 32.4 Å². The van der Waals surface area contributed by atoms with E-state index < -0.39 is 0 Å². The number of carbonyl (C=O) groups is 1. The Kier molecular flexibility index (Phi) is 5.96. The molecule has 0 radical (unpaired) electrons. The van der Waals surface area contributed by atoms with E-state index in [0.717, 1.165) is 58.0 Å². The van der Waals surface area contributed by atoms with Gasteiger partial charge in [0, 0.05) is 36.3 Å². The van der Waals surface area contributed by atoms with Gasteiger partial charge in [-0.2, -0.15) is 0 Å². The van der Waals surface area contributed by atoms with Crippen LogP contribution in [0.2, 0.25) is 0 Å². The number of aromatic nitrogens is 3. The van der Waals surface area contributed by atoms with Gasteiger partial charge in [-0.15, -0.1) is 10.2 Å². The van der Waals surface area contributed by atoms with Gasteiger partial charge in [-0.05, 0) is 63.2 Å². The van der Waals surface area contributed by atoms with Crippen molar-refractivity contribution >= 4 is 28.0 Å². The fourth-order valence-electron chi connectivity index (χ4n) is 4.86. The number of aryl methyl sites for hydroxylation is 1. The van der Waals surface area contributed by atoms with Crippen molar-refractivity contribution in [3.05, 3.63) is 41.2 Å². The second kappa shape index (κ2) is 9.01. The molecule has 2 aromatic heterocycles. The van der Waals surface area contributed by atoms with Crippen molar-refractivity contribution in [3.8, 4) is 10.6 Å². The molecule has 31 heavy (non-hydrogen) atoms. The third-order valence-electron chi connectivity index (χ3n) is 6.61. The Balaban J connectivity index is 1.24. The lowest BCUT2D eigenvalue weighted by Gasteiger charge is -2.40. The number of amides is 1. The van der Waals surface area contributed by atoms with Gasteiger partial charge in [-0.3, -0.25) is 9.78 Å². The van der Waals surface area contributed by atoms with Gasteiger partial charge in [0.2, 0.25) is 5.91 Å².